The number of carboxylic acids is 1. The van der Waals surface area contributed by atoms with Crippen molar-refractivity contribution in [1.82, 2.24) is 15.5 Å². The van der Waals surface area contributed by atoms with Gasteiger partial charge in [-0.25, -0.2) is 4.79 Å². The van der Waals surface area contributed by atoms with Crippen LogP contribution in [-0.2, 0) is 19.1 Å². The normalized spacial score (nSPS) is 16.1. The van der Waals surface area contributed by atoms with E-state index in [1.807, 2.05) is 48.5 Å². The van der Waals surface area contributed by atoms with E-state index in [0.29, 0.717) is 25.9 Å². The minimum Gasteiger partial charge on any atom is -0.481 e. The van der Waals surface area contributed by atoms with Gasteiger partial charge in [-0.2, -0.15) is 0 Å². The summed E-state index contributed by atoms with van der Waals surface area (Å²) in [7, 11) is 1.57. The maximum Gasteiger partial charge on any atom is 0.407 e. The number of fused-ring (bicyclic) bond motifs is 3. The van der Waals surface area contributed by atoms with Gasteiger partial charge in [0.15, 0.2) is 0 Å². The van der Waals surface area contributed by atoms with E-state index in [4.69, 9.17) is 4.74 Å². The number of aliphatic carboxylic acids is 1. The molecule has 2 aromatic rings. The van der Waals surface area contributed by atoms with Crippen molar-refractivity contribution in [2.45, 2.75) is 31.2 Å². The molecule has 0 aromatic heterocycles. The first-order chi connectivity index (χ1) is 16.9. The molecule has 0 spiro atoms. The zero-order valence-electron chi connectivity index (χ0n) is 19.5. The Morgan fingerprint density at radius 2 is 1.57 bits per heavy atom. The molecule has 1 heterocycles. The zero-order chi connectivity index (χ0) is 24.9. The second-order valence-electron chi connectivity index (χ2n) is 8.83. The lowest BCUT2D eigenvalue weighted by Crippen LogP contribution is -2.52. The molecule has 9 heteroatoms. The fourth-order valence-electron chi connectivity index (χ4n) is 4.94. The molecule has 184 valence electrons. The van der Waals surface area contributed by atoms with Gasteiger partial charge in [0.05, 0.1) is 6.42 Å². The molecule has 1 aliphatic heterocycles. The lowest BCUT2D eigenvalue weighted by atomic mass is 9.95. The summed E-state index contributed by atoms with van der Waals surface area (Å²) in [6.45, 7) is 0.699. The molecule has 0 bridgehead atoms. The van der Waals surface area contributed by atoms with Crippen LogP contribution in [0.2, 0.25) is 0 Å². The third-order valence-electron chi connectivity index (χ3n) is 6.74. The predicted octanol–water partition coefficient (Wildman–Crippen LogP) is 2.35. The highest BCUT2D eigenvalue weighted by Gasteiger charge is 2.34. The van der Waals surface area contributed by atoms with E-state index in [-0.39, 0.29) is 24.3 Å². The Morgan fingerprint density at radius 1 is 1.00 bits per heavy atom. The number of piperidine rings is 1. The Hall–Kier alpha value is -3.88. The van der Waals surface area contributed by atoms with Crippen molar-refractivity contribution >= 4 is 23.9 Å². The number of alkyl carbamates (subject to hydrolysis) is 1. The van der Waals surface area contributed by atoms with Gasteiger partial charge >= 0.3 is 12.1 Å². The fraction of sp³-hybridized carbons (Fsp3) is 0.385. The molecule has 2 aromatic carbocycles. The molecule has 2 aliphatic rings. The first-order valence-electron chi connectivity index (χ1n) is 11.7. The van der Waals surface area contributed by atoms with Gasteiger partial charge in [0.2, 0.25) is 11.8 Å². The van der Waals surface area contributed by atoms with E-state index in [1.54, 1.807) is 7.05 Å². The standard InChI is InChI=1S/C26H29N3O6/c1-27-24(32)16-10-12-29(13-11-16)25(33)22(14-23(30)31)28-26(34)35-15-21-19-8-4-2-6-17(19)18-7-3-5-9-20(18)21/h2-9,16,21-22H,10-15H2,1H3,(H,27,32)(H,28,34)(H,30,31). The van der Waals surface area contributed by atoms with Crippen LogP contribution in [0.4, 0.5) is 4.79 Å². The SMILES string of the molecule is CNC(=O)C1CCN(C(=O)C(CC(=O)O)NC(=O)OCC2c3ccccc3-c3ccccc32)CC1. The first-order valence-corrected chi connectivity index (χ1v) is 11.7. The molecule has 35 heavy (non-hydrogen) atoms. The third-order valence-corrected chi connectivity index (χ3v) is 6.74. The van der Waals surface area contributed by atoms with Crippen molar-refractivity contribution in [3.8, 4) is 11.1 Å². The number of hydrogen-bond donors (Lipinski definition) is 3. The van der Waals surface area contributed by atoms with Gasteiger partial charge in [-0.3, -0.25) is 14.4 Å². The number of hydrogen-bond acceptors (Lipinski definition) is 5. The highest BCUT2D eigenvalue weighted by Crippen LogP contribution is 2.44. The van der Waals surface area contributed by atoms with E-state index < -0.39 is 30.4 Å². The van der Waals surface area contributed by atoms with E-state index >= 15 is 0 Å². The summed E-state index contributed by atoms with van der Waals surface area (Å²) in [5, 5.41) is 14.4. The van der Waals surface area contributed by atoms with Gasteiger partial charge in [-0.05, 0) is 35.1 Å². The van der Waals surface area contributed by atoms with Crippen LogP contribution < -0.4 is 10.6 Å². The highest BCUT2D eigenvalue weighted by atomic mass is 16.5. The van der Waals surface area contributed by atoms with Crippen LogP contribution in [0.5, 0.6) is 0 Å². The van der Waals surface area contributed by atoms with E-state index in [0.717, 1.165) is 22.3 Å². The highest BCUT2D eigenvalue weighted by molar-refractivity contribution is 5.89. The summed E-state index contributed by atoms with van der Waals surface area (Å²) in [6.07, 6.45) is -0.434. The number of amides is 3. The Labute approximate surface area is 203 Å². The average Bonchev–Trinajstić information content (AvgIpc) is 3.19. The predicted molar refractivity (Wildman–Crippen MR) is 128 cm³/mol. The molecule has 1 saturated heterocycles. The Bertz CT molecular complexity index is 1080. The topological polar surface area (TPSA) is 125 Å². The summed E-state index contributed by atoms with van der Waals surface area (Å²) in [6, 6.07) is 14.6. The average molecular weight is 480 g/mol. The van der Waals surface area contributed by atoms with Crippen LogP contribution in [0.15, 0.2) is 48.5 Å². The summed E-state index contributed by atoms with van der Waals surface area (Å²) in [5.74, 6) is -2.10. The molecular weight excluding hydrogens is 450 g/mol. The van der Waals surface area contributed by atoms with Crippen LogP contribution >= 0.6 is 0 Å². The van der Waals surface area contributed by atoms with Gasteiger partial charge in [-0.15, -0.1) is 0 Å². The van der Waals surface area contributed by atoms with E-state index in [2.05, 4.69) is 10.6 Å². The van der Waals surface area contributed by atoms with Gasteiger partial charge in [0.25, 0.3) is 0 Å². The van der Waals surface area contributed by atoms with Gasteiger partial charge in [0.1, 0.15) is 12.6 Å². The van der Waals surface area contributed by atoms with Gasteiger partial charge in [-0.1, -0.05) is 48.5 Å². The molecule has 1 fully saturated rings. The van der Waals surface area contributed by atoms with Crippen molar-refractivity contribution < 1.29 is 29.0 Å². The molecule has 0 radical (unpaired) electrons. The number of nitrogens with one attached hydrogen (secondary N) is 2. The summed E-state index contributed by atoms with van der Waals surface area (Å²) in [4.78, 5) is 50.3. The maximum atomic E-state index is 13.0. The lowest BCUT2D eigenvalue weighted by molar-refractivity contribution is -0.143. The van der Waals surface area contributed by atoms with Crippen LogP contribution in [0.25, 0.3) is 11.1 Å². The maximum absolute atomic E-state index is 13.0. The molecule has 0 saturated carbocycles. The largest absolute Gasteiger partial charge is 0.481 e. The second kappa shape index (κ2) is 10.6. The van der Waals surface area contributed by atoms with Crippen molar-refractivity contribution in [3.05, 3.63) is 59.7 Å². The van der Waals surface area contributed by atoms with Crippen LogP contribution in [-0.4, -0.2) is 66.7 Å². The Morgan fingerprint density at radius 3 is 2.11 bits per heavy atom. The number of likely N-dealkylation sites (tertiary alicyclic amines) is 1. The first kappa shape index (κ1) is 24.3. The zero-order valence-corrected chi connectivity index (χ0v) is 19.5. The van der Waals surface area contributed by atoms with Crippen LogP contribution in [0.3, 0.4) is 0 Å². The van der Waals surface area contributed by atoms with E-state index in [1.165, 1.54) is 4.90 Å². The molecule has 1 atom stereocenters. The molecule has 1 unspecified atom stereocenters. The van der Waals surface area contributed by atoms with E-state index in [9.17, 15) is 24.3 Å². The number of carbonyl (C=O) groups excluding carboxylic acids is 3. The third kappa shape index (κ3) is 5.29. The number of rotatable bonds is 7. The lowest BCUT2D eigenvalue weighted by Gasteiger charge is -2.33. The number of carbonyl (C=O) groups is 4. The van der Waals surface area contributed by atoms with Crippen molar-refractivity contribution in [2.24, 2.45) is 5.92 Å². The number of carboxylic acid groups (broad SMARTS) is 1. The molecule has 1 aliphatic carbocycles. The van der Waals surface area contributed by atoms with Crippen LogP contribution in [0.1, 0.15) is 36.3 Å². The molecule has 9 nitrogen and oxygen atoms in total. The van der Waals surface area contributed by atoms with Gasteiger partial charge in [0, 0.05) is 32.0 Å². The Kier molecular flexibility index (Phi) is 7.33. The smallest absolute Gasteiger partial charge is 0.407 e. The molecule has 4 rings (SSSR count). The van der Waals surface area contributed by atoms with Crippen molar-refractivity contribution in [2.75, 3.05) is 26.7 Å². The summed E-state index contributed by atoms with van der Waals surface area (Å²) < 4.78 is 5.49. The van der Waals surface area contributed by atoms with Crippen LogP contribution in [0, 0.1) is 5.92 Å². The Balaban J connectivity index is 1.38. The number of benzene rings is 2. The quantitative estimate of drug-likeness (QED) is 0.560. The molecule has 3 amide bonds. The summed E-state index contributed by atoms with van der Waals surface area (Å²) in [5.41, 5.74) is 4.30. The number of nitrogens with zero attached hydrogens (tertiary/aromatic N) is 1. The second-order valence-corrected chi connectivity index (χ2v) is 8.83. The fourth-order valence-corrected chi connectivity index (χ4v) is 4.94. The minimum atomic E-state index is -1.25. The number of ether oxygens (including phenoxy) is 1. The summed E-state index contributed by atoms with van der Waals surface area (Å²) >= 11 is 0. The van der Waals surface area contributed by atoms with Gasteiger partial charge < -0.3 is 25.4 Å². The minimum absolute atomic E-state index is 0.0609. The monoisotopic (exact) mass is 479 g/mol. The van der Waals surface area contributed by atoms with Crippen molar-refractivity contribution in [1.29, 1.82) is 0 Å². The molecular formula is C26H29N3O6. The molecule has 3 N–H and O–H groups in total. The van der Waals surface area contributed by atoms with Crippen molar-refractivity contribution in [3.63, 3.8) is 0 Å².